The van der Waals surface area contributed by atoms with Gasteiger partial charge in [-0.05, 0) is 20.3 Å². The van der Waals surface area contributed by atoms with Gasteiger partial charge >= 0.3 is 0 Å². The largest absolute Gasteiger partial charge is 0.354 e. The maximum atomic E-state index is 4.68. The molecule has 0 aromatic carbocycles. The molecule has 1 fully saturated rings. The van der Waals surface area contributed by atoms with Gasteiger partial charge in [0.2, 0.25) is 5.95 Å². The first kappa shape index (κ1) is 13.5. The Labute approximate surface area is 114 Å². The topological polar surface area (TPSA) is 41.1 Å². The molecule has 0 bridgehead atoms. The number of rotatable bonds is 4. The maximum Gasteiger partial charge on any atom is 0.224 e. The van der Waals surface area contributed by atoms with E-state index in [2.05, 4.69) is 41.0 Å². The van der Waals surface area contributed by atoms with Crippen molar-refractivity contribution in [3.8, 4) is 0 Å². The number of hydrogen-bond donors (Lipinski definition) is 1. The van der Waals surface area contributed by atoms with Gasteiger partial charge < -0.3 is 10.2 Å². The number of nitrogens with zero attached hydrogens (tertiary/aromatic N) is 3. The van der Waals surface area contributed by atoms with Gasteiger partial charge in [-0.3, -0.25) is 0 Å². The zero-order valence-corrected chi connectivity index (χ0v) is 12.3. The molecule has 1 aromatic rings. The van der Waals surface area contributed by atoms with Crippen LogP contribution < -0.4 is 10.2 Å². The summed E-state index contributed by atoms with van der Waals surface area (Å²) in [4.78, 5) is 11.4. The van der Waals surface area contributed by atoms with Crippen molar-refractivity contribution in [1.29, 1.82) is 0 Å². The number of thioether (sulfide) groups is 1. The normalized spacial score (nSPS) is 19.9. The van der Waals surface area contributed by atoms with Crippen molar-refractivity contribution in [2.45, 2.75) is 33.2 Å². The van der Waals surface area contributed by atoms with Gasteiger partial charge in [-0.2, -0.15) is 16.7 Å². The lowest BCUT2D eigenvalue weighted by molar-refractivity contribution is 0.686. The van der Waals surface area contributed by atoms with Crippen molar-refractivity contribution in [2.75, 3.05) is 34.8 Å². The highest BCUT2D eigenvalue weighted by molar-refractivity contribution is 7.99. The van der Waals surface area contributed by atoms with E-state index in [-0.39, 0.29) is 0 Å². The second kappa shape index (κ2) is 6.27. The van der Waals surface area contributed by atoms with Crippen LogP contribution in [-0.2, 0) is 0 Å². The lowest BCUT2D eigenvalue weighted by atomic mass is 10.2. The molecule has 0 saturated carbocycles. The first-order valence-electron chi connectivity index (χ1n) is 6.64. The molecule has 2 rings (SSSR count). The van der Waals surface area contributed by atoms with Crippen molar-refractivity contribution in [1.82, 2.24) is 9.97 Å². The summed E-state index contributed by atoms with van der Waals surface area (Å²) >= 11 is 2.02. The number of aromatic nitrogens is 2. The van der Waals surface area contributed by atoms with Crippen LogP contribution >= 0.6 is 11.8 Å². The van der Waals surface area contributed by atoms with E-state index in [4.69, 9.17) is 0 Å². The molecular formula is C13H22N4S. The first-order chi connectivity index (χ1) is 8.72. The smallest absolute Gasteiger partial charge is 0.224 e. The van der Waals surface area contributed by atoms with Gasteiger partial charge in [-0.25, -0.2) is 4.98 Å². The monoisotopic (exact) mass is 266 g/mol. The number of hydrogen-bond acceptors (Lipinski definition) is 5. The minimum atomic E-state index is 0.552. The van der Waals surface area contributed by atoms with Gasteiger partial charge in [-0.15, -0.1) is 0 Å². The third kappa shape index (κ3) is 3.07. The number of aryl methyl sites for hydroxylation is 1. The van der Waals surface area contributed by atoms with Crippen molar-refractivity contribution >= 4 is 23.5 Å². The lowest BCUT2D eigenvalue weighted by Gasteiger charge is -2.35. The number of anilines is 2. The van der Waals surface area contributed by atoms with Crippen molar-refractivity contribution in [3.05, 3.63) is 11.8 Å². The Balaban J connectivity index is 2.19. The molecule has 1 unspecified atom stereocenters. The average molecular weight is 266 g/mol. The minimum absolute atomic E-state index is 0.552. The van der Waals surface area contributed by atoms with Crippen LogP contribution in [0.2, 0.25) is 0 Å². The molecule has 0 amide bonds. The summed E-state index contributed by atoms with van der Waals surface area (Å²) < 4.78 is 0. The molecule has 4 nitrogen and oxygen atoms in total. The molecule has 0 radical (unpaired) electrons. The van der Waals surface area contributed by atoms with Crippen molar-refractivity contribution in [2.24, 2.45) is 0 Å². The lowest BCUT2D eigenvalue weighted by Crippen LogP contribution is -2.41. The Hall–Kier alpha value is -0.970. The Bertz CT molecular complexity index is 397. The quantitative estimate of drug-likeness (QED) is 0.907. The fourth-order valence-corrected chi connectivity index (χ4v) is 3.10. The summed E-state index contributed by atoms with van der Waals surface area (Å²) in [5, 5.41) is 3.26. The average Bonchev–Trinajstić information content (AvgIpc) is 2.39. The Morgan fingerprint density at radius 3 is 3.11 bits per heavy atom. The zero-order chi connectivity index (χ0) is 13.0. The minimum Gasteiger partial charge on any atom is -0.354 e. The molecule has 1 aromatic heterocycles. The summed E-state index contributed by atoms with van der Waals surface area (Å²) in [6, 6.07) is 0.552. The van der Waals surface area contributed by atoms with E-state index in [1.54, 1.807) is 0 Å². The molecule has 1 aliphatic heterocycles. The predicted octanol–water partition coefficient (Wildman–Crippen LogP) is 2.55. The Kier molecular flexibility index (Phi) is 4.69. The molecule has 18 heavy (non-hydrogen) atoms. The molecule has 1 aliphatic rings. The van der Waals surface area contributed by atoms with E-state index in [1.807, 2.05) is 18.0 Å². The molecular weight excluding hydrogens is 244 g/mol. The fourth-order valence-electron chi connectivity index (χ4n) is 2.09. The molecule has 5 heteroatoms. The third-order valence-electron chi connectivity index (χ3n) is 3.12. The van der Waals surface area contributed by atoms with Gasteiger partial charge in [0.15, 0.2) is 0 Å². The van der Waals surface area contributed by atoms with Gasteiger partial charge in [0.1, 0.15) is 5.82 Å². The number of nitrogens with one attached hydrogen (secondary N) is 1. The van der Waals surface area contributed by atoms with Gasteiger partial charge in [-0.1, -0.05) is 6.92 Å². The summed E-state index contributed by atoms with van der Waals surface area (Å²) in [5.74, 6) is 4.21. The van der Waals surface area contributed by atoms with Crippen LogP contribution in [-0.4, -0.2) is 40.6 Å². The molecule has 1 saturated heterocycles. The van der Waals surface area contributed by atoms with E-state index >= 15 is 0 Å². The SMILES string of the molecule is CCCNc1ncc(C)c(N2CCSCC2C)n1. The second-order valence-electron chi connectivity index (χ2n) is 4.74. The molecule has 2 heterocycles. The van der Waals surface area contributed by atoms with Crippen molar-refractivity contribution < 1.29 is 0 Å². The van der Waals surface area contributed by atoms with Crippen LogP contribution in [0, 0.1) is 6.92 Å². The molecule has 1 N–H and O–H groups in total. The van der Waals surface area contributed by atoms with Gasteiger partial charge in [0, 0.05) is 42.4 Å². The maximum absolute atomic E-state index is 4.68. The molecule has 1 atom stereocenters. The Morgan fingerprint density at radius 1 is 1.56 bits per heavy atom. The summed E-state index contributed by atoms with van der Waals surface area (Å²) in [7, 11) is 0. The highest BCUT2D eigenvalue weighted by Gasteiger charge is 2.21. The van der Waals surface area contributed by atoms with Gasteiger partial charge in [0.05, 0.1) is 0 Å². The van der Waals surface area contributed by atoms with Gasteiger partial charge in [0.25, 0.3) is 0 Å². The molecule has 0 aliphatic carbocycles. The van der Waals surface area contributed by atoms with E-state index in [1.165, 1.54) is 11.5 Å². The summed E-state index contributed by atoms with van der Waals surface area (Å²) in [6.45, 7) is 8.51. The van der Waals surface area contributed by atoms with E-state index in [9.17, 15) is 0 Å². The predicted molar refractivity (Wildman–Crippen MR) is 79.7 cm³/mol. The highest BCUT2D eigenvalue weighted by Crippen LogP contribution is 2.25. The highest BCUT2D eigenvalue weighted by atomic mass is 32.2. The van der Waals surface area contributed by atoms with E-state index in [0.717, 1.165) is 36.8 Å². The molecule has 0 spiro atoms. The summed E-state index contributed by atoms with van der Waals surface area (Å²) in [6.07, 6.45) is 3.01. The first-order valence-corrected chi connectivity index (χ1v) is 7.79. The van der Waals surface area contributed by atoms with Crippen LogP contribution in [0.25, 0.3) is 0 Å². The van der Waals surface area contributed by atoms with Crippen LogP contribution in [0.1, 0.15) is 25.8 Å². The molecule has 100 valence electrons. The van der Waals surface area contributed by atoms with Crippen LogP contribution in [0.5, 0.6) is 0 Å². The zero-order valence-electron chi connectivity index (χ0n) is 11.4. The van der Waals surface area contributed by atoms with E-state index < -0.39 is 0 Å². The van der Waals surface area contributed by atoms with E-state index in [0.29, 0.717) is 6.04 Å². The van der Waals surface area contributed by atoms with Crippen molar-refractivity contribution in [3.63, 3.8) is 0 Å². The third-order valence-corrected chi connectivity index (χ3v) is 4.31. The van der Waals surface area contributed by atoms with Crippen LogP contribution in [0.4, 0.5) is 11.8 Å². The Morgan fingerprint density at radius 2 is 2.39 bits per heavy atom. The second-order valence-corrected chi connectivity index (χ2v) is 5.89. The van der Waals surface area contributed by atoms with Crippen LogP contribution in [0.3, 0.4) is 0 Å². The standard InChI is InChI=1S/C13H22N4S/c1-4-5-14-13-15-8-10(2)12(16-13)17-6-7-18-9-11(17)3/h8,11H,4-7,9H2,1-3H3,(H,14,15,16). The van der Waals surface area contributed by atoms with Crippen LogP contribution in [0.15, 0.2) is 6.20 Å². The summed E-state index contributed by atoms with van der Waals surface area (Å²) in [5.41, 5.74) is 1.16. The fraction of sp³-hybridized carbons (Fsp3) is 0.692.